The molecule has 1 saturated heterocycles. The maximum Gasteiger partial charge on any atom is 0.264 e. The third-order valence-corrected chi connectivity index (χ3v) is 8.28. The van der Waals surface area contributed by atoms with Crippen LogP contribution in [0.15, 0.2) is 71.6 Å². The lowest BCUT2D eigenvalue weighted by Crippen LogP contribution is -2.40. The maximum atomic E-state index is 14.1. The molecular weight excluding hydrogens is 525 g/mol. The molecule has 2 aliphatic heterocycles. The number of anilines is 1. The summed E-state index contributed by atoms with van der Waals surface area (Å²) in [5.74, 6) is -0.373. The van der Waals surface area contributed by atoms with Gasteiger partial charge >= 0.3 is 0 Å². The molecule has 0 aromatic heterocycles. The fraction of sp³-hybridized carbons (Fsp3) is 0.286. The van der Waals surface area contributed by atoms with E-state index in [0.717, 1.165) is 34.5 Å². The second-order valence-corrected chi connectivity index (χ2v) is 11.2. The molecule has 1 fully saturated rings. The number of likely N-dealkylation sites (tertiary alicyclic amines) is 1. The summed E-state index contributed by atoms with van der Waals surface area (Å²) in [5, 5.41) is 2.75. The first-order valence-electron chi connectivity index (χ1n) is 12.6. The number of fused-ring (bicyclic) bond motifs is 1. The number of halogens is 1. The zero-order valence-corrected chi connectivity index (χ0v) is 22.0. The molecule has 0 spiro atoms. The highest BCUT2D eigenvalue weighted by molar-refractivity contribution is 7.92. The zero-order chi connectivity index (χ0) is 27.4. The Morgan fingerprint density at radius 3 is 2.51 bits per heavy atom. The lowest BCUT2D eigenvalue weighted by Gasteiger charge is -2.25. The van der Waals surface area contributed by atoms with Gasteiger partial charge in [-0.15, -0.1) is 0 Å². The molecule has 9 nitrogen and oxygen atoms in total. The van der Waals surface area contributed by atoms with E-state index in [2.05, 4.69) is 5.32 Å². The Hall–Kier alpha value is -4.12. The quantitative estimate of drug-likeness (QED) is 0.436. The lowest BCUT2D eigenvalue weighted by molar-refractivity contribution is -0.128. The molecule has 0 unspecified atom stereocenters. The van der Waals surface area contributed by atoms with Gasteiger partial charge in [0.05, 0.1) is 10.6 Å². The molecule has 0 atom stereocenters. The molecule has 0 bridgehead atoms. The van der Waals surface area contributed by atoms with Crippen molar-refractivity contribution < 1.29 is 31.9 Å². The fourth-order valence-corrected chi connectivity index (χ4v) is 6.00. The van der Waals surface area contributed by atoms with Gasteiger partial charge in [0.2, 0.25) is 11.8 Å². The molecule has 0 radical (unpaired) electrons. The van der Waals surface area contributed by atoms with E-state index in [9.17, 15) is 22.4 Å². The van der Waals surface area contributed by atoms with Crippen molar-refractivity contribution >= 4 is 27.5 Å². The van der Waals surface area contributed by atoms with Gasteiger partial charge in [-0.05, 0) is 47.9 Å². The maximum absolute atomic E-state index is 14.1. The summed E-state index contributed by atoms with van der Waals surface area (Å²) in [6.45, 7) is 1.45. The lowest BCUT2D eigenvalue weighted by atomic mass is 10.1. The minimum Gasteiger partial charge on any atom is -0.486 e. The van der Waals surface area contributed by atoms with Gasteiger partial charge in [0, 0.05) is 32.1 Å². The van der Waals surface area contributed by atoms with Gasteiger partial charge in [-0.3, -0.25) is 13.9 Å². The number of nitrogens with zero attached hydrogens (tertiary/aromatic N) is 2. The van der Waals surface area contributed by atoms with Crippen molar-refractivity contribution in [3.8, 4) is 11.5 Å². The minimum atomic E-state index is -4.27. The topological polar surface area (TPSA) is 105 Å². The number of ether oxygens (including phenoxy) is 2. The van der Waals surface area contributed by atoms with Gasteiger partial charge in [0.15, 0.2) is 11.5 Å². The van der Waals surface area contributed by atoms with E-state index >= 15 is 0 Å². The molecule has 11 heteroatoms. The van der Waals surface area contributed by atoms with Crippen LogP contribution in [0.4, 0.5) is 10.1 Å². The van der Waals surface area contributed by atoms with Gasteiger partial charge < -0.3 is 19.7 Å². The van der Waals surface area contributed by atoms with Crippen LogP contribution in [0.3, 0.4) is 0 Å². The molecule has 1 N–H and O–H groups in total. The Morgan fingerprint density at radius 2 is 1.74 bits per heavy atom. The first-order valence-corrected chi connectivity index (χ1v) is 14.0. The SMILES string of the molecule is O=C(CN(c1cccc(F)c1)S(=O)(=O)c1ccc2c(c1)OCCO2)NCc1cccc(CN2CCCC2=O)c1. The molecular formula is C28H28FN3O6S. The smallest absolute Gasteiger partial charge is 0.264 e. The summed E-state index contributed by atoms with van der Waals surface area (Å²) in [5.41, 5.74) is 1.76. The first kappa shape index (κ1) is 26.5. The molecule has 204 valence electrons. The van der Waals surface area contributed by atoms with Crippen LogP contribution in [0.2, 0.25) is 0 Å². The number of carbonyl (C=O) groups excluding carboxylic acids is 2. The number of hydrogen-bond acceptors (Lipinski definition) is 6. The van der Waals surface area contributed by atoms with Crippen LogP contribution in [0.25, 0.3) is 0 Å². The van der Waals surface area contributed by atoms with Crippen LogP contribution < -0.4 is 19.1 Å². The number of carbonyl (C=O) groups is 2. The number of nitrogens with one attached hydrogen (secondary N) is 1. The molecule has 39 heavy (non-hydrogen) atoms. The molecule has 2 heterocycles. The minimum absolute atomic E-state index is 0.0114. The van der Waals surface area contributed by atoms with Crippen molar-refractivity contribution in [1.82, 2.24) is 10.2 Å². The average molecular weight is 554 g/mol. The van der Waals surface area contributed by atoms with Crippen molar-refractivity contribution in [3.63, 3.8) is 0 Å². The van der Waals surface area contributed by atoms with Gasteiger partial charge in [-0.1, -0.05) is 30.3 Å². The van der Waals surface area contributed by atoms with Crippen LogP contribution >= 0.6 is 0 Å². The van der Waals surface area contributed by atoms with Gasteiger partial charge in [-0.25, -0.2) is 12.8 Å². The molecule has 3 aromatic rings. The summed E-state index contributed by atoms with van der Waals surface area (Å²) < 4.78 is 53.3. The van der Waals surface area contributed by atoms with Crippen LogP contribution in [0, 0.1) is 5.82 Å². The van der Waals surface area contributed by atoms with Gasteiger partial charge in [-0.2, -0.15) is 0 Å². The monoisotopic (exact) mass is 553 g/mol. The summed E-state index contributed by atoms with van der Waals surface area (Å²) >= 11 is 0. The Bertz CT molecular complexity index is 1500. The Kier molecular flexibility index (Phi) is 7.69. The number of hydrogen-bond donors (Lipinski definition) is 1. The van der Waals surface area contributed by atoms with Crippen LogP contribution in [0.1, 0.15) is 24.0 Å². The zero-order valence-electron chi connectivity index (χ0n) is 21.1. The second-order valence-electron chi connectivity index (χ2n) is 9.31. The van der Waals surface area contributed by atoms with Crippen LogP contribution in [0.5, 0.6) is 11.5 Å². The second kappa shape index (κ2) is 11.3. The van der Waals surface area contributed by atoms with Crippen molar-refractivity contribution in [1.29, 1.82) is 0 Å². The summed E-state index contributed by atoms with van der Waals surface area (Å²) in [6, 6.07) is 16.8. The molecule has 0 aliphatic carbocycles. The van der Waals surface area contributed by atoms with E-state index in [1.165, 1.54) is 36.4 Å². The highest BCUT2D eigenvalue weighted by atomic mass is 32.2. The van der Waals surface area contributed by atoms with E-state index in [0.29, 0.717) is 25.3 Å². The molecule has 2 aliphatic rings. The van der Waals surface area contributed by atoms with E-state index < -0.39 is 28.3 Å². The Labute approximate surface area is 226 Å². The largest absolute Gasteiger partial charge is 0.486 e. The Morgan fingerprint density at radius 1 is 0.974 bits per heavy atom. The predicted molar refractivity (Wildman–Crippen MR) is 141 cm³/mol. The fourth-order valence-electron chi connectivity index (χ4n) is 4.57. The first-order chi connectivity index (χ1) is 18.8. The van der Waals surface area contributed by atoms with Crippen molar-refractivity contribution in [3.05, 3.63) is 83.7 Å². The highest BCUT2D eigenvalue weighted by Crippen LogP contribution is 2.34. The van der Waals surface area contributed by atoms with Gasteiger partial charge in [0.25, 0.3) is 10.0 Å². The number of benzene rings is 3. The number of amides is 2. The van der Waals surface area contributed by atoms with E-state index in [1.807, 2.05) is 24.3 Å². The van der Waals surface area contributed by atoms with E-state index in [4.69, 9.17) is 9.47 Å². The highest BCUT2D eigenvalue weighted by Gasteiger charge is 2.29. The summed E-state index contributed by atoms with van der Waals surface area (Å²) in [4.78, 5) is 26.6. The molecule has 3 aromatic carbocycles. The number of rotatable bonds is 9. The van der Waals surface area contributed by atoms with E-state index in [1.54, 1.807) is 4.90 Å². The third-order valence-electron chi connectivity index (χ3n) is 6.51. The predicted octanol–water partition coefficient (Wildman–Crippen LogP) is 3.23. The summed E-state index contributed by atoms with van der Waals surface area (Å²) in [7, 11) is -4.27. The Balaban J connectivity index is 1.32. The molecule has 5 rings (SSSR count). The molecule has 2 amide bonds. The molecule has 0 saturated carbocycles. The average Bonchev–Trinajstić information content (AvgIpc) is 3.34. The summed E-state index contributed by atoms with van der Waals surface area (Å²) in [6.07, 6.45) is 1.41. The standard InChI is InChI=1S/C28H28FN3O6S/c29-22-6-2-7-23(15-22)32(39(35,36)24-9-10-25-26(16-24)38-13-12-37-25)19-27(33)30-17-20-4-1-5-21(14-20)18-31-11-3-8-28(31)34/h1-2,4-7,9-10,14-16H,3,8,11-13,17-19H2,(H,30,33). The van der Waals surface area contributed by atoms with Crippen LogP contribution in [-0.2, 0) is 32.7 Å². The van der Waals surface area contributed by atoms with Gasteiger partial charge in [0.1, 0.15) is 25.6 Å². The van der Waals surface area contributed by atoms with Crippen molar-refractivity contribution in [2.24, 2.45) is 0 Å². The van der Waals surface area contributed by atoms with E-state index in [-0.39, 0.29) is 35.4 Å². The van der Waals surface area contributed by atoms with Crippen LogP contribution in [-0.4, -0.2) is 51.4 Å². The van der Waals surface area contributed by atoms with Crippen molar-refractivity contribution in [2.45, 2.75) is 30.8 Å². The van der Waals surface area contributed by atoms with Crippen molar-refractivity contribution in [2.75, 3.05) is 30.6 Å². The number of sulfonamides is 1. The third kappa shape index (κ3) is 6.14. The normalized spacial score (nSPS) is 14.8.